The molecule has 2 heterocycles. The molecular weight excluding hydrogens is 226 g/mol. The van der Waals surface area contributed by atoms with Crippen LogP contribution in [-0.2, 0) is 0 Å². The molecule has 18 heavy (non-hydrogen) atoms. The van der Waals surface area contributed by atoms with Crippen LogP contribution in [-0.4, -0.2) is 47.7 Å². The lowest BCUT2D eigenvalue weighted by Gasteiger charge is -2.29. The lowest BCUT2D eigenvalue weighted by Crippen LogP contribution is -2.38. The van der Waals surface area contributed by atoms with Crippen LogP contribution < -0.4 is 4.90 Å². The van der Waals surface area contributed by atoms with E-state index in [9.17, 15) is 5.11 Å². The van der Waals surface area contributed by atoms with Crippen LogP contribution in [0.25, 0.3) is 0 Å². The summed E-state index contributed by atoms with van der Waals surface area (Å²) in [6.45, 7) is 7.25. The van der Waals surface area contributed by atoms with E-state index in [0.717, 1.165) is 37.4 Å². The molecule has 0 bridgehead atoms. The van der Waals surface area contributed by atoms with E-state index in [1.165, 1.54) is 0 Å². The number of likely N-dealkylation sites (N-methyl/N-ethyl adjacent to an activating group) is 1. The van der Waals surface area contributed by atoms with E-state index in [1.807, 2.05) is 12.1 Å². The largest absolute Gasteiger partial charge is 0.389 e. The molecule has 1 saturated heterocycles. The molecule has 2 unspecified atom stereocenters. The Morgan fingerprint density at radius 1 is 1.44 bits per heavy atom. The van der Waals surface area contributed by atoms with Crippen molar-refractivity contribution in [3.8, 4) is 0 Å². The number of aliphatic hydroxyl groups excluding tert-OH is 1. The first kappa shape index (κ1) is 13.3. The Kier molecular flexibility index (Phi) is 4.19. The lowest BCUT2D eigenvalue weighted by molar-refractivity contribution is 0.199. The number of aromatic nitrogens is 1. The maximum Gasteiger partial charge on any atom is 0.129 e. The van der Waals surface area contributed by atoms with Crippen LogP contribution in [0.3, 0.4) is 0 Å². The van der Waals surface area contributed by atoms with Gasteiger partial charge in [-0.2, -0.15) is 0 Å². The van der Waals surface area contributed by atoms with Crippen molar-refractivity contribution in [3.05, 3.63) is 23.9 Å². The van der Waals surface area contributed by atoms with Crippen molar-refractivity contribution in [2.75, 3.05) is 31.6 Å². The lowest BCUT2D eigenvalue weighted by atomic mass is 10.1. The topological polar surface area (TPSA) is 39.6 Å². The third kappa shape index (κ3) is 3.00. The van der Waals surface area contributed by atoms with Gasteiger partial charge in [-0.25, -0.2) is 4.98 Å². The maximum atomic E-state index is 9.66. The van der Waals surface area contributed by atoms with E-state index in [4.69, 9.17) is 0 Å². The molecule has 2 atom stereocenters. The average Bonchev–Trinajstić information content (AvgIpc) is 2.50. The minimum absolute atomic E-state index is 0.434. The molecular formula is C14H23N3O. The molecule has 1 aliphatic rings. The van der Waals surface area contributed by atoms with Gasteiger partial charge in [-0.3, -0.25) is 0 Å². The van der Waals surface area contributed by atoms with Crippen LogP contribution in [0.2, 0.25) is 0 Å². The zero-order valence-corrected chi connectivity index (χ0v) is 11.5. The molecule has 0 aliphatic carbocycles. The number of pyridine rings is 1. The molecule has 0 saturated carbocycles. The van der Waals surface area contributed by atoms with E-state index in [1.54, 1.807) is 13.1 Å². The van der Waals surface area contributed by atoms with Crippen molar-refractivity contribution in [2.24, 2.45) is 0 Å². The molecule has 1 aromatic rings. The number of rotatable bonds is 2. The molecule has 0 spiro atoms. The Morgan fingerprint density at radius 2 is 2.22 bits per heavy atom. The minimum atomic E-state index is -0.434. The highest BCUT2D eigenvalue weighted by molar-refractivity contribution is 5.42. The van der Waals surface area contributed by atoms with Crippen LogP contribution in [0.5, 0.6) is 0 Å². The molecule has 4 heteroatoms. The van der Waals surface area contributed by atoms with Gasteiger partial charge in [0, 0.05) is 25.3 Å². The summed E-state index contributed by atoms with van der Waals surface area (Å²) >= 11 is 0. The smallest absolute Gasteiger partial charge is 0.129 e. The van der Waals surface area contributed by atoms with Gasteiger partial charge in [-0.15, -0.1) is 0 Å². The predicted molar refractivity (Wildman–Crippen MR) is 73.8 cm³/mol. The molecule has 0 aromatic carbocycles. The standard InChI is InChI=1S/C14H23N3O/c1-11-10-16(3)7-4-8-17(11)14-9-13(12(2)18)5-6-15-14/h5-6,9,11-12,18H,4,7-8,10H2,1-3H3. The van der Waals surface area contributed by atoms with Gasteiger partial charge in [-0.1, -0.05) is 0 Å². The Bertz CT molecular complexity index is 394. The first-order valence-corrected chi connectivity index (χ1v) is 6.67. The van der Waals surface area contributed by atoms with Gasteiger partial charge in [0.05, 0.1) is 6.10 Å². The average molecular weight is 249 g/mol. The summed E-state index contributed by atoms with van der Waals surface area (Å²) in [4.78, 5) is 9.17. The summed E-state index contributed by atoms with van der Waals surface area (Å²) in [5, 5.41) is 9.66. The van der Waals surface area contributed by atoms with E-state index < -0.39 is 6.10 Å². The first-order valence-electron chi connectivity index (χ1n) is 6.67. The zero-order valence-electron chi connectivity index (χ0n) is 11.5. The molecule has 100 valence electrons. The SMILES string of the molecule is CC(O)c1ccnc(N2CCCN(C)CC2C)c1. The van der Waals surface area contributed by atoms with E-state index in [0.29, 0.717) is 6.04 Å². The number of aliphatic hydroxyl groups is 1. The van der Waals surface area contributed by atoms with Crippen LogP contribution in [0.15, 0.2) is 18.3 Å². The highest BCUT2D eigenvalue weighted by atomic mass is 16.3. The van der Waals surface area contributed by atoms with Gasteiger partial charge in [0.15, 0.2) is 0 Å². The number of anilines is 1. The maximum absolute atomic E-state index is 9.66. The predicted octanol–water partition coefficient (Wildman–Crippen LogP) is 1.67. The monoisotopic (exact) mass is 249 g/mol. The number of hydrogen-bond donors (Lipinski definition) is 1. The molecule has 0 amide bonds. The summed E-state index contributed by atoms with van der Waals surface area (Å²) in [6, 6.07) is 4.34. The Morgan fingerprint density at radius 3 is 2.94 bits per heavy atom. The second kappa shape index (κ2) is 5.67. The molecule has 2 rings (SSSR count). The normalized spacial score (nSPS) is 23.8. The Labute approximate surface area is 109 Å². The fourth-order valence-electron chi connectivity index (χ4n) is 2.56. The van der Waals surface area contributed by atoms with Crippen molar-refractivity contribution in [1.82, 2.24) is 9.88 Å². The van der Waals surface area contributed by atoms with Crippen molar-refractivity contribution in [3.63, 3.8) is 0 Å². The van der Waals surface area contributed by atoms with Gasteiger partial charge in [0.2, 0.25) is 0 Å². The fourth-order valence-corrected chi connectivity index (χ4v) is 2.56. The number of hydrogen-bond acceptors (Lipinski definition) is 4. The van der Waals surface area contributed by atoms with Crippen LogP contribution in [0.1, 0.15) is 31.9 Å². The van der Waals surface area contributed by atoms with Crippen molar-refractivity contribution >= 4 is 5.82 Å². The van der Waals surface area contributed by atoms with Crippen LogP contribution >= 0.6 is 0 Å². The van der Waals surface area contributed by atoms with E-state index in [2.05, 4.69) is 28.8 Å². The van der Waals surface area contributed by atoms with Gasteiger partial charge in [-0.05, 0) is 51.6 Å². The third-order valence-electron chi connectivity index (χ3n) is 3.59. The molecule has 1 N–H and O–H groups in total. The third-order valence-corrected chi connectivity index (χ3v) is 3.59. The van der Waals surface area contributed by atoms with Gasteiger partial charge in [0.25, 0.3) is 0 Å². The molecule has 1 aromatic heterocycles. The molecule has 1 fully saturated rings. The fraction of sp³-hybridized carbons (Fsp3) is 0.643. The van der Waals surface area contributed by atoms with Crippen LogP contribution in [0, 0.1) is 0 Å². The molecule has 1 aliphatic heterocycles. The van der Waals surface area contributed by atoms with Gasteiger partial charge < -0.3 is 14.9 Å². The highest BCUT2D eigenvalue weighted by Crippen LogP contribution is 2.21. The number of nitrogens with zero attached hydrogens (tertiary/aromatic N) is 3. The summed E-state index contributed by atoms with van der Waals surface area (Å²) in [5.74, 6) is 0.983. The second-order valence-electron chi connectivity index (χ2n) is 5.28. The summed E-state index contributed by atoms with van der Waals surface area (Å²) in [5.41, 5.74) is 0.935. The Balaban J connectivity index is 2.21. The minimum Gasteiger partial charge on any atom is -0.389 e. The summed E-state index contributed by atoms with van der Waals surface area (Å²) in [7, 11) is 2.17. The van der Waals surface area contributed by atoms with E-state index in [-0.39, 0.29) is 0 Å². The van der Waals surface area contributed by atoms with Crippen molar-refractivity contribution in [2.45, 2.75) is 32.4 Å². The van der Waals surface area contributed by atoms with Gasteiger partial charge >= 0.3 is 0 Å². The Hall–Kier alpha value is -1.13. The van der Waals surface area contributed by atoms with E-state index >= 15 is 0 Å². The van der Waals surface area contributed by atoms with Crippen molar-refractivity contribution in [1.29, 1.82) is 0 Å². The molecule has 0 radical (unpaired) electrons. The summed E-state index contributed by atoms with van der Waals surface area (Å²) < 4.78 is 0. The van der Waals surface area contributed by atoms with Crippen molar-refractivity contribution < 1.29 is 5.11 Å². The summed E-state index contributed by atoms with van der Waals surface area (Å²) in [6.07, 6.45) is 2.51. The molecule has 4 nitrogen and oxygen atoms in total. The van der Waals surface area contributed by atoms with Gasteiger partial charge in [0.1, 0.15) is 5.82 Å². The highest BCUT2D eigenvalue weighted by Gasteiger charge is 2.21. The van der Waals surface area contributed by atoms with Crippen LogP contribution in [0.4, 0.5) is 5.82 Å². The zero-order chi connectivity index (χ0) is 13.1. The first-order chi connectivity index (χ1) is 8.58. The second-order valence-corrected chi connectivity index (χ2v) is 5.28. The quantitative estimate of drug-likeness (QED) is 0.865.